The Morgan fingerprint density at radius 1 is 1.42 bits per heavy atom. The minimum Gasteiger partial charge on any atom is -0.380 e. The molecule has 140 valence electrons. The predicted molar refractivity (Wildman–Crippen MR) is 102 cm³/mol. The lowest BCUT2D eigenvalue weighted by Crippen LogP contribution is -2.32. The van der Waals surface area contributed by atoms with Gasteiger partial charge in [-0.2, -0.15) is 5.10 Å². The molecule has 3 rings (SSSR count). The standard InChI is InChI=1S/C19H27N5O2/c1-11-6-7-16(25)24(11)13-8-15-17(22-12(2)19(3,4)5)14(18(20)26)9-21-23(15)10-13/h8-12,22H,6-7H2,1-5H3,(H2,20,26). The van der Waals surface area contributed by atoms with Crippen molar-refractivity contribution in [3.05, 3.63) is 24.0 Å². The Morgan fingerprint density at radius 3 is 2.65 bits per heavy atom. The summed E-state index contributed by atoms with van der Waals surface area (Å²) in [5.74, 6) is -0.418. The van der Waals surface area contributed by atoms with E-state index in [2.05, 4.69) is 38.1 Å². The second-order valence-electron chi connectivity index (χ2n) is 8.21. The third-order valence-electron chi connectivity index (χ3n) is 5.31. The van der Waals surface area contributed by atoms with Crippen LogP contribution in [-0.2, 0) is 4.79 Å². The van der Waals surface area contributed by atoms with Gasteiger partial charge in [0.15, 0.2) is 0 Å². The summed E-state index contributed by atoms with van der Waals surface area (Å²) < 4.78 is 1.69. The third-order valence-corrected chi connectivity index (χ3v) is 5.31. The van der Waals surface area contributed by atoms with E-state index in [9.17, 15) is 9.59 Å². The van der Waals surface area contributed by atoms with Gasteiger partial charge in [-0.3, -0.25) is 9.59 Å². The molecule has 7 nitrogen and oxygen atoms in total. The number of nitrogens with one attached hydrogen (secondary N) is 1. The second kappa shape index (κ2) is 6.30. The Balaban J connectivity index is 2.12. The van der Waals surface area contributed by atoms with Gasteiger partial charge in [0.25, 0.3) is 5.91 Å². The van der Waals surface area contributed by atoms with Crippen molar-refractivity contribution in [2.24, 2.45) is 11.1 Å². The maximum Gasteiger partial charge on any atom is 0.252 e. The molecule has 1 aliphatic rings. The van der Waals surface area contributed by atoms with Crippen LogP contribution in [0.25, 0.3) is 5.52 Å². The highest BCUT2D eigenvalue weighted by atomic mass is 16.2. The van der Waals surface area contributed by atoms with Crippen LogP contribution >= 0.6 is 0 Å². The van der Waals surface area contributed by atoms with E-state index in [1.165, 1.54) is 6.20 Å². The fourth-order valence-electron chi connectivity index (χ4n) is 3.17. The molecule has 2 aromatic heterocycles. The number of carbonyl (C=O) groups is 2. The zero-order valence-electron chi connectivity index (χ0n) is 16.0. The first-order valence-electron chi connectivity index (χ1n) is 8.99. The van der Waals surface area contributed by atoms with E-state index in [4.69, 9.17) is 5.73 Å². The van der Waals surface area contributed by atoms with E-state index in [1.54, 1.807) is 9.42 Å². The highest BCUT2D eigenvalue weighted by Crippen LogP contribution is 2.33. The molecule has 2 amide bonds. The van der Waals surface area contributed by atoms with Gasteiger partial charge in [0.2, 0.25) is 5.91 Å². The molecule has 1 aliphatic heterocycles. The minimum absolute atomic E-state index is 0.00989. The molecule has 2 atom stereocenters. The van der Waals surface area contributed by atoms with Crippen molar-refractivity contribution in [2.75, 3.05) is 10.2 Å². The highest BCUT2D eigenvalue weighted by Gasteiger charge is 2.30. The number of primary amides is 1. The molecule has 0 bridgehead atoms. The molecule has 3 N–H and O–H groups in total. The normalized spacial score (nSPS) is 19.2. The quantitative estimate of drug-likeness (QED) is 0.880. The van der Waals surface area contributed by atoms with E-state index < -0.39 is 5.91 Å². The zero-order chi connectivity index (χ0) is 19.2. The smallest absolute Gasteiger partial charge is 0.252 e. The monoisotopic (exact) mass is 357 g/mol. The fourth-order valence-corrected chi connectivity index (χ4v) is 3.17. The predicted octanol–water partition coefficient (Wildman–Crippen LogP) is 2.79. The lowest BCUT2D eigenvalue weighted by molar-refractivity contribution is -0.117. The molecule has 3 heterocycles. The van der Waals surface area contributed by atoms with Crippen LogP contribution in [0.4, 0.5) is 11.4 Å². The number of hydrogen-bond acceptors (Lipinski definition) is 4. The highest BCUT2D eigenvalue weighted by molar-refractivity contribution is 6.03. The van der Waals surface area contributed by atoms with Crippen LogP contribution < -0.4 is 16.0 Å². The van der Waals surface area contributed by atoms with Gasteiger partial charge in [-0.25, -0.2) is 4.52 Å². The van der Waals surface area contributed by atoms with Crippen molar-refractivity contribution in [3.63, 3.8) is 0 Å². The number of nitrogens with zero attached hydrogens (tertiary/aromatic N) is 3. The van der Waals surface area contributed by atoms with Crippen LogP contribution in [0.3, 0.4) is 0 Å². The Morgan fingerprint density at radius 2 is 2.12 bits per heavy atom. The van der Waals surface area contributed by atoms with Crippen LogP contribution in [-0.4, -0.2) is 33.5 Å². The second-order valence-corrected chi connectivity index (χ2v) is 8.21. The molecule has 0 aromatic carbocycles. The maximum absolute atomic E-state index is 12.2. The molecule has 0 saturated carbocycles. The van der Waals surface area contributed by atoms with Gasteiger partial charge >= 0.3 is 0 Å². The number of carbonyl (C=O) groups excluding carboxylic acids is 2. The van der Waals surface area contributed by atoms with Crippen molar-refractivity contribution in [2.45, 2.75) is 59.5 Å². The molecule has 26 heavy (non-hydrogen) atoms. The number of anilines is 2. The summed E-state index contributed by atoms with van der Waals surface area (Å²) in [4.78, 5) is 26.0. The summed E-state index contributed by atoms with van der Waals surface area (Å²) in [7, 11) is 0. The van der Waals surface area contributed by atoms with Crippen molar-refractivity contribution in [1.29, 1.82) is 0 Å². The Hall–Kier alpha value is -2.57. The minimum atomic E-state index is -0.531. The average Bonchev–Trinajstić information content (AvgIpc) is 3.09. The lowest BCUT2D eigenvalue weighted by atomic mass is 9.88. The molecule has 0 aliphatic carbocycles. The number of nitrogens with two attached hydrogens (primary N) is 1. The largest absolute Gasteiger partial charge is 0.380 e. The SMILES string of the molecule is CC1CCC(=O)N1c1cc2c(NC(C)C(C)(C)C)c(C(N)=O)cnn2c1. The number of fused-ring (bicyclic) bond motifs is 1. The first-order valence-corrected chi connectivity index (χ1v) is 8.99. The summed E-state index contributed by atoms with van der Waals surface area (Å²) in [6, 6.07) is 2.15. The van der Waals surface area contributed by atoms with Gasteiger partial charge in [-0.1, -0.05) is 20.8 Å². The Bertz CT molecular complexity index is 865. The summed E-state index contributed by atoms with van der Waals surface area (Å²) in [5, 5.41) is 7.75. The molecule has 1 saturated heterocycles. The van der Waals surface area contributed by atoms with Crippen LogP contribution in [0.15, 0.2) is 18.5 Å². The van der Waals surface area contributed by atoms with Crippen molar-refractivity contribution < 1.29 is 9.59 Å². The Kier molecular flexibility index (Phi) is 4.42. The first kappa shape index (κ1) is 18.2. The van der Waals surface area contributed by atoms with Gasteiger partial charge < -0.3 is 16.0 Å². The molecule has 0 spiro atoms. The van der Waals surface area contributed by atoms with E-state index >= 15 is 0 Å². The lowest BCUT2D eigenvalue weighted by Gasteiger charge is -2.29. The van der Waals surface area contributed by atoms with Gasteiger partial charge in [0, 0.05) is 18.5 Å². The number of amides is 2. The number of hydrogen-bond donors (Lipinski definition) is 2. The van der Waals surface area contributed by atoms with E-state index in [0.717, 1.165) is 17.6 Å². The van der Waals surface area contributed by atoms with Crippen molar-refractivity contribution in [1.82, 2.24) is 9.61 Å². The molecular weight excluding hydrogens is 330 g/mol. The molecule has 2 unspecified atom stereocenters. The fraction of sp³-hybridized carbons (Fsp3) is 0.526. The first-order chi connectivity index (χ1) is 12.1. The molecular formula is C19H27N5O2. The van der Waals surface area contributed by atoms with Crippen LogP contribution in [0, 0.1) is 5.41 Å². The summed E-state index contributed by atoms with van der Waals surface area (Å²) >= 11 is 0. The van der Waals surface area contributed by atoms with E-state index in [1.807, 2.05) is 19.2 Å². The summed E-state index contributed by atoms with van der Waals surface area (Å²) in [5.41, 5.74) is 8.09. The maximum atomic E-state index is 12.2. The summed E-state index contributed by atoms with van der Waals surface area (Å²) in [6.07, 6.45) is 4.70. The Labute approximate surface area is 153 Å². The molecule has 0 radical (unpaired) electrons. The van der Waals surface area contributed by atoms with E-state index in [0.29, 0.717) is 17.7 Å². The van der Waals surface area contributed by atoms with Crippen LogP contribution in [0.1, 0.15) is 57.8 Å². The van der Waals surface area contributed by atoms with Crippen LogP contribution in [0.2, 0.25) is 0 Å². The van der Waals surface area contributed by atoms with Gasteiger partial charge in [0.05, 0.1) is 34.8 Å². The van der Waals surface area contributed by atoms with Crippen molar-refractivity contribution in [3.8, 4) is 0 Å². The van der Waals surface area contributed by atoms with Crippen molar-refractivity contribution >= 4 is 28.7 Å². The summed E-state index contributed by atoms with van der Waals surface area (Å²) in [6.45, 7) is 10.5. The van der Waals surface area contributed by atoms with Crippen LogP contribution in [0.5, 0.6) is 0 Å². The topological polar surface area (TPSA) is 92.7 Å². The molecule has 7 heteroatoms. The van der Waals surface area contributed by atoms with Gasteiger partial charge in [-0.05, 0) is 31.7 Å². The van der Waals surface area contributed by atoms with E-state index in [-0.39, 0.29) is 23.4 Å². The third kappa shape index (κ3) is 3.13. The zero-order valence-corrected chi connectivity index (χ0v) is 16.0. The number of aromatic nitrogens is 2. The van der Waals surface area contributed by atoms with Gasteiger partial charge in [-0.15, -0.1) is 0 Å². The number of rotatable bonds is 4. The van der Waals surface area contributed by atoms with Gasteiger partial charge in [0.1, 0.15) is 0 Å². The molecule has 1 fully saturated rings. The average molecular weight is 357 g/mol. The molecule has 2 aromatic rings.